The van der Waals surface area contributed by atoms with Gasteiger partial charge >= 0.3 is 0 Å². The molecule has 0 radical (unpaired) electrons. The molecule has 0 aliphatic carbocycles. The zero-order chi connectivity index (χ0) is 36.0. The highest BCUT2D eigenvalue weighted by Gasteiger charge is 2.25. The first kappa shape index (κ1) is 30.4. The van der Waals surface area contributed by atoms with Crippen molar-refractivity contribution in [3.8, 4) is 0 Å². The number of fused-ring (bicyclic) bond motifs is 11. The lowest BCUT2D eigenvalue weighted by atomic mass is 10.0. The van der Waals surface area contributed by atoms with E-state index in [0.29, 0.717) is 0 Å². The summed E-state index contributed by atoms with van der Waals surface area (Å²) in [4.78, 5) is 4.64. The lowest BCUT2D eigenvalue weighted by Crippen LogP contribution is -2.09. The minimum atomic E-state index is 0.897. The summed E-state index contributed by atoms with van der Waals surface area (Å²) in [5.74, 6) is 0. The van der Waals surface area contributed by atoms with Crippen LogP contribution in [-0.4, -0.2) is 4.40 Å². The fourth-order valence-corrected chi connectivity index (χ4v) is 9.92. The molecule has 0 fully saturated rings. The minimum absolute atomic E-state index is 0.897. The Morgan fingerprint density at radius 1 is 0.400 bits per heavy atom. The maximum absolute atomic E-state index is 6.97. The van der Waals surface area contributed by atoms with Crippen molar-refractivity contribution in [1.29, 1.82) is 0 Å². The van der Waals surface area contributed by atoms with E-state index < -0.39 is 0 Å². The van der Waals surface area contributed by atoms with Crippen LogP contribution < -0.4 is 9.80 Å². The molecule has 0 aliphatic rings. The SMILES string of the molecule is c1ccc(N(c2ccccc2)c2ccc3cc4c(cc3c2)oc2c4c3cccc4c5sc6cc(N(c7ccccc7)c7ccccc7)ccc6c5n2c43)cc1. The van der Waals surface area contributed by atoms with Crippen molar-refractivity contribution in [3.05, 3.63) is 188 Å². The standard InChI is InChI=1S/C50H31N3OS/c1-5-14-34(15-6-1)51(35-16-7-2-8-17-35)38-25-24-32-29-43-44(30-33(32)28-38)54-50-46(43)41-22-13-23-42-47(41)53(50)48-40-27-26-39(31-45(40)55-49(42)48)52(36-18-9-3-10-19-36)37-20-11-4-12-21-37/h1-31H. The van der Waals surface area contributed by atoms with Gasteiger partial charge in [0.05, 0.1) is 21.1 Å². The molecule has 0 bridgehead atoms. The van der Waals surface area contributed by atoms with Gasteiger partial charge in [0.2, 0.25) is 5.71 Å². The Balaban J connectivity index is 1.05. The van der Waals surface area contributed by atoms with E-state index in [9.17, 15) is 0 Å². The van der Waals surface area contributed by atoms with Crippen LogP contribution in [-0.2, 0) is 0 Å². The average Bonchev–Trinajstić information content (AvgIpc) is 3.97. The van der Waals surface area contributed by atoms with Crippen LogP contribution in [0.4, 0.5) is 34.1 Å². The van der Waals surface area contributed by atoms with Gasteiger partial charge in [0.1, 0.15) is 5.58 Å². The van der Waals surface area contributed by atoms with Crippen LogP contribution in [0.2, 0.25) is 0 Å². The lowest BCUT2D eigenvalue weighted by molar-refractivity contribution is 0.652. The average molecular weight is 722 g/mol. The van der Waals surface area contributed by atoms with Crippen molar-refractivity contribution in [2.45, 2.75) is 0 Å². The van der Waals surface area contributed by atoms with Crippen LogP contribution in [0.1, 0.15) is 0 Å². The molecule has 4 aromatic heterocycles. The van der Waals surface area contributed by atoms with Crippen LogP contribution >= 0.6 is 11.3 Å². The van der Waals surface area contributed by atoms with Crippen molar-refractivity contribution in [2.75, 3.05) is 9.80 Å². The Bertz CT molecular complexity index is 3290. The van der Waals surface area contributed by atoms with Crippen LogP contribution in [0.3, 0.4) is 0 Å². The number of nitrogens with zero attached hydrogens (tertiary/aromatic N) is 3. The van der Waals surface area contributed by atoms with E-state index in [0.717, 1.165) is 56.2 Å². The summed E-state index contributed by atoms with van der Waals surface area (Å²) < 4.78 is 11.9. The summed E-state index contributed by atoms with van der Waals surface area (Å²) in [7, 11) is 0. The van der Waals surface area contributed by atoms with Crippen LogP contribution in [0.15, 0.2) is 192 Å². The third kappa shape index (κ3) is 4.51. The highest BCUT2D eigenvalue weighted by Crippen LogP contribution is 2.49. The largest absolute Gasteiger partial charge is 0.439 e. The number of para-hydroxylation sites is 5. The van der Waals surface area contributed by atoms with Gasteiger partial charge in [0.15, 0.2) is 0 Å². The van der Waals surface area contributed by atoms with Gasteiger partial charge in [-0.2, -0.15) is 0 Å². The minimum Gasteiger partial charge on any atom is -0.439 e. The van der Waals surface area contributed by atoms with Crippen LogP contribution in [0.5, 0.6) is 0 Å². The summed E-state index contributed by atoms with van der Waals surface area (Å²) in [6.07, 6.45) is 0. The van der Waals surface area contributed by atoms with Gasteiger partial charge in [-0.15, -0.1) is 11.3 Å². The molecule has 4 nitrogen and oxygen atoms in total. The van der Waals surface area contributed by atoms with Crippen molar-refractivity contribution in [2.24, 2.45) is 0 Å². The smallest absolute Gasteiger partial charge is 0.213 e. The van der Waals surface area contributed by atoms with Crippen LogP contribution in [0, 0.1) is 0 Å². The topological polar surface area (TPSA) is 24.0 Å². The zero-order valence-corrected chi connectivity index (χ0v) is 30.4. The van der Waals surface area contributed by atoms with E-state index in [2.05, 4.69) is 202 Å². The molecular formula is C50H31N3OS. The van der Waals surface area contributed by atoms with E-state index >= 15 is 0 Å². The highest BCUT2D eigenvalue weighted by molar-refractivity contribution is 7.26. The Morgan fingerprint density at radius 3 is 1.58 bits per heavy atom. The fourth-order valence-electron chi connectivity index (χ4n) is 8.67. The van der Waals surface area contributed by atoms with Crippen molar-refractivity contribution >= 4 is 115 Å². The summed E-state index contributed by atoms with van der Waals surface area (Å²) in [5, 5.41) is 8.38. The number of hydrogen-bond donors (Lipinski definition) is 0. The third-order valence-electron chi connectivity index (χ3n) is 11.0. The molecule has 0 N–H and O–H groups in total. The van der Waals surface area contributed by atoms with Gasteiger partial charge in [-0.3, -0.25) is 4.40 Å². The van der Waals surface area contributed by atoms with Gasteiger partial charge in [0, 0.05) is 60.4 Å². The molecule has 0 atom stereocenters. The normalized spacial score (nSPS) is 12.0. The first-order valence-electron chi connectivity index (χ1n) is 18.6. The molecule has 0 saturated carbocycles. The van der Waals surface area contributed by atoms with Gasteiger partial charge in [-0.25, -0.2) is 0 Å². The molecule has 5 heteroatoms. The van der Waals surface area contributed by atoms with E-state index in [4.69, 9.17) is 4.42 Å². The summed E-state index contributed by atoms with van der Waals surface area (Å²) in [6, 6.07) is 67.2. The Hall–Kier alpha value is -7.08. The van der Waals surface area contributed by atoms with E-state index in [1.54, 1.807) is 0 Å². The monoisotopic (exact) mass is 721 g/mol. The number of rotatable bonds is 6. The number of aromatic nitrogens is 1. The first-order valence-corrected chi connectivity index (χ1v) is 19.4. The Morgan fingerprint density at radius 2 is 0.964 bits per heavy atom. The van der Waals surface area contributed by atoms with Gasteiger partial charge in [-0.1, -0.05) is 97.1 Å². The summed E-state index contributed by atoms with van der Waals surface area (Å²) in [5.41, 5.74) is 11.0. The van der Waals surface area contributed by atoms with Crippen molar-refractivity contribution < 1.29 is 4.42 Å². The summed E-state index contributed by atoms with van der Waals surface area (Å²) >= 11 is 1.87. The zero-order valence-electron chi connectivity index (χ0n) is 29.6. The number of hydrogen-bond acceptors (Lipinski definition) is 4. The molecule has 0 spiro atoms. The van der Waals surface area contributed by atoms with E-state index in [1.807, 2.05) is 11.3 Å². The van der Waals surface area contributed by atoms with Gasteiger partial charge in [-0.05, 0) is 102 Å². The second kappa shape index (κ2) is 11.7. The predicted molar refractivity (Wildman–Crippen MR) is 233 cm³/mol. The van der Waals surface area contributed by atoms with Gasteiger partial charge < -0.3 is 14.2 Å². The molecule has 8 aromatic carbocycles. The Labute approximate surface area is 320 Å². The molecule has 258 valence electrons. The molecule has 12 rings (SSSR count). The molecular weight excluding hydrogens is 691 g/mol. The van der Waals surface area contributed by atoms with Crippen molar-refractivity contribution in [3.63, 3.8) is 0 Å². The predicted octanol–water partition coefficient (Wildman–Crippen LogP) is 14.9. The van der Waals surface area contributed by atoms with Crippen molar-refractivity contribution in [1.82, 2.24) is 4.40 Å². The maximum Gasteiger partial charge on any atom is 0.213 e. The molecule has 12 aromatic rings. The number of benzene rings is 8. The van der Waals surface area contributed by atoms with Gasteiger partial charge in [0.25, 0.3) is 0 Å². The number of furan rings is 1. The highest BCUT2D eigenvalue weighted by atomic mass is 32.1. The summed E-state index contributed by atoms with van der Waals surface area (Å²) in [6.45, 7) is 0. The van der Waals surface area contributed by atoms with E-state index in [1.165, 1.54) is 47.4 Å². The molecule has 0 saturated heterocycles. The second-order valence-corrected chi connectivity index (χ2v) is 15.2. The first-order chi connectivity index (χ1) is 27.3. The lowest BCUT2D eigenvalue weighted by Gasteiger charge is -2.25. The third-order valence-corrected chi connectivity index (χ3v) is 12.2. The maximum atomic E-state index is 6.97. The molecule has 4 heterocycles. The molecule has 55 heavy (non-hydrogen) atoms. The number of thiophene rings is 1. The fraction of sp³-hybridized carbons (Fsp3) is 0. The Kier molecular flexibility index (Phi) is 6.47. The molecule has 0 unspecified atom stereocenters. The quantitative estimate of drug-likeness (QED) is 0.171. The molecule has 0 amide bonds. The van der Waals surface area contributed by atoms with E-state index in [-0.39, 0.29) is 0 Å². The van der Waals surface area contributed by atoms with Crippen LogP contribution in [0.25, 0.3) is 69.4 Å². The number of anilines is 6. The second-order valence-electron chi connectivity index (χ2n) is 14.2. The molecule has 0 aliphatic heterocycles.